The normalized spacial score (nSPS) is 41.1. The first-order chi connectivity index (χ1) is 4.81. The Kier molecular flexibility index (Phi) is 0.710. The first kappa shape index (κ1) is 5.35. The van der Waals surface area contributed by atoms with Crippen LogP contribution in [0.4, 0.5) is 0 Å². The predicted molar refractivity (Wildman–Crippen MR) is 40.6 cm³/mol. The van der Waals surface area contributed by atoms with Gasteiger partial charge >= 0.3 is 0 Å². The Morgan fingerprint density at radius 2 is 2.40 bits per heavy atom. The van der Waals surface area contributed by atoms with Gasteiger partial charge in [-0.25, -0.2) is 0 Å². The number of halogens is 1. The van der Waals surface area contributed by atoms with E-state index in [9.17, 15) is 0 Å². The molecular formula is C7H7BrN2. The Bertz CT molecular complexity index is 286. The summed E-state index contributed by atoms with van der Waals surface area (Å²) in [6.07, 6.45) is 6.66. The van der Waals surface area contributed by atoms with Gasteiger partial charge in [-0.15, -0.1) is 0 Å². The van der Waals surface area contributed by atoms with Crippen LogP contribution in [-0.2, 0) is 5.54 Å². The average Bonchev–Trinajstić information content (AvgIpc) is 2.64. The Morgan fingerprint density at radius 3 is 2.80 bits per heavy atom. The van der Waals surface area contributed by atoms with Crippen molar-refractivity contribution in [3.05, 3.63) is 16.9 Å². The van der Waals surface area contributed by atoms with Crippen LogP contribution >= 0.6 is 15.9 Å². The van der Waals surface area contributed by atoms with E-state index in [1.807, 2.05) is 6.20 Å². The second-order valence-corrected chi connectivity index (χ2v) is 4.23. The van der Waals surface area contributed by atoms with Crippen molar-refractivity contribution in [3.8, 4) is 0 Å². The highest BCUT2D eigenvalue weighted by Gasteiger charge is 2.72. The molecule has 1 aromatic heterocycles. The fraction of sp³-hybridized carbons (Fsp3) is 0.571. The molecule has 2 fully saturated rings. The lowest BCUT2D eigenvalue weighted by Crippen LogP contribution is -2.06. The molecule has 3 rings (SSSR count). The monoisotopic (exact) mass is 198 g/mol. The van der Waals surface area contributed by atoms with E-state index in [0.717, 1.165) is 10.4 Å². The predicted octanol–water partition coefficient (Wildman–Crippen LogP) is 1.76. The molecule has 2 nitrogen and oxygen atoms in total. The molecule has 3 heteroatoms. The summed E-state index contributed by atoms with van der Waals surface area (Å²) in [4.78, 5) is 0. The summed E-state index contributed by atoms with van der Waals surface area (Å²) in [5.41, 5.74) is 0.506. The van der Waals surface area contributed by atoms with Crippen molar-refractivity contribution in [1.82, 2.24) is 9.78 Å². The molecule has 0 bridgehead atoms. The molecule has 2 aliphatic carbocycles. The molecule has 0 unspecified atom stereocenters. The second-order valence-electron chi connectivity index (χ2n) is 3.31. The van der Waals surface area contributed by atoms with Crippen LogP contribution in [0.25, 0.3) is 0 Å². The number of hydrogen-bond donors (Lipinski definition) is 0. The zero-order valence-electron chi connectivity index (χ0n) is 5.42. The van der Waals surface area contributed by atoms with Crippen LogP contribution in [-0.4, -0.2) is 9.78 Å². The van der Waals surface area contributed by atoms with E-state index >= 15 is 0 Å². The van der Waals surface area contributed by atoms with Crippen LogP contribution < -0.4 is 0 Å². The van der Waals surface area contributed by atoms with Crippen molar-refractivity contribution in [1.29, 1.82) is 0 Å². The SMILES string of the molecule is Brc1cnn(C23CC2C3)c1. The average molecular weight is 199 g/mol. The summed E-state index contributed by atoms with van der Waals surface area (Å²) in [5, 5.41) is 4.26. The maximum Gasteiger partial charge on any atom is 0.0665 e. The van der Waals surface area contributed by atoms with Gasteiger partial charge in [-0.1, -0.05) is 0 Å². The fourth-order valence-corrected chi connectivity index (χ4v) is 1.88. The summed E-state index contributed by atoms with van der Waals surface area (Å²) < 4.78 is 3.21. The smallest absolute Gasteiger partial charge is 0.0665 e. The minimum atomic E-state index is 0.506. The van der Waals surface area contributed by atoms with Gasteiger partial charge in [0.05, 0.1) is 16.2 Å². The van der Waals surface area contributed by atoms with Gasteiger partial charge in [0.25, 0.3) is 0 Å². The second kappa shape index (κ2) is 1.33. The minimum Gasteiger partial charge on any atom is -0.265 e. The molecule has 52 valence electrons. The molecule has 10 heavy (non-hydrogen) atoms. The fourth-order valence-electron chi connectivity index (χ4n) is 1.59. The summed E-state index contributed by atoms with van der Waals surface area (Å²) in [6.45, 7) is 0. The third-order valence-corrected chi connectivity index (χ3v) is 3.06. The summed E-state index contributed by atoms with van der Waals surface area (Å²) in [6, 6.07) is 0. The van der Waals surface area contributed by atoms with E-state index in [4.69, 9.17) is 0 Å². The lowest BCUT2D eigenvalue weighted by atomic mass is 10.4. The van der Waals surface area contributed by atoms with Gasteiger partial charge in [-0.3, -0.25) is 4.68 Å². The van der Waals surface area contributed by atoms with E-state index in [0.29, 0.717) is 5.54 Å². The largest absolute Gasteiger partial charge is 0.265 e. The van der Waals surface area contributed by atoms with Gasteiger partial charge < -0.3 is 0 Å². The standard InChI is InChI=1S/C7H7BrN2/c8-6-3-9-10(4-6)7-1-5(7)2-7/h3-5H,1-2H2. The molecule has 0 radical (unpaired) electrons. The highest BCUT2D eigenvalue weighted by molar-refractivity contribution is 9.10. The quantitative estimate of drug-likeness (QED) is 0.673. The zero-order valence-corrected chi connectivity index (χ0v) is 7.00. The van der Waals surface area contributed by atoms with Gasteiger partial charge in [-0.05, 0) is 34.7 Å². The number of hydrogen-bond acceptors (Lipinski definition) is 1. The number of aromatic nitrogens is 2. The van der Waals surface area contributed by atoms with Crippen molar-refractivity contribution in [2.45, 2.75) is 18.4 Å². The zero-order chi connectivity index (χ0) is 6.77. The van der Waals surface area contributed by atoms with Crippen molar-refractivity contribution < 1.29 is 0 Å². The molecule has 0 aromatic carbocycles. The number of fused-ring (bicyclic) bond motifs is 1. The van der Waals surface area contributed by atoms with Crippen LogP contribution in [0.15, 0.2) is 16.9 Å². The third-order valence-electron chi connectivity index (χ3n) is 2.65. The Morgan fingerprint density at radius 1 is 1.70 bits per heavy atom. The summed E-state index contributed by atoms with van der Waals surface area (Å²) in [7, 11) is 0. The first-order valence-electron chi connectivity index (χ1n) is 3.52. The van der Waals surface area contributed by atoms with Crippen LogP contribution in [0.3, 0.4) is 0 Å². The number of nitrogens with zero attached hydrogens (tertiary/aromatic N) is 2. The van der Waals surface area contributed by atoms with E-state index in [-0.39, 0.29) is 0 Å². The molecule has 2 aliphatic rings. The molecule has 0 saturated heterocycles. The molecular weight excluding hydrogens is 192 g/mol. The highest BCUT2D eigenvalue weighted by Crippen LogP contribution is 2.72. The Hall–Kier alpha value is -0.310. The van der Waals surface area contributed by atoms with E-state index in [1.165, 1.54) is 12.8 Å². The van der Waals surface area contributed by atoms with E-state index in [1.54, 1.807) is 0 Å². The number of rotatable bonds is 1. The Balaban J connectivity index is 2.06. The van der Waals surface area contributed by atoms with Crippen LogP contribution in [0.2, 0.25) is 0 Å². The lowest BCUT2D eigenvalue weighted by molar-refractivity contribution is 0.530. The Labute approximate surface area is 67.4 Å². The molecule has 0 atom stereocenters. The maximum absolute atomic E-state index is 4.26. The van der Waals surface area contributed by atoms with Gasteiger partial charge in [0.15, 0.2) is 0 Å². The summed E-state index contributed by atoms with van der Waals surface area (Å²) >= 11 is 3.39. The van der Waals surface area contributed by atoms with Crippen molar-refractivity contribution in [2.75, 3.05) is 0 Å². The molecule has 0 amide bonds. The first-order valence-corrected chi connectivity index (χ1v) is 4.31. The minimum absolute atomic E-state index is 0.506. The topological polar surface area (TPSA) is 17.8 Å². The highest BCUT2D eigenvalue weighted by atomic mass is 79.9. The van der Waals surface area contributed by atoms with E-state index in [2.05, 4.69) is 31.9 Å². The lowest BCUT2D eigenvalue weighted by Gasteiger charge is -2.00. The van der Waals surface area contributed by atoms with Crippen molar-refractivity contribution >= 4 is 15.9 Å². The summed E-state index contributed by atoms with van der Waals surface area (Å²) in [5.74, 6) is 0.972. The maximum atomic E-state index is 4.26. The van der Waals surface area contributed by atoms with Gasteiger partial charge in [0, 0.05) is 6.20 Å². The molecule has 0 spiro atoms. The van der Waals surface area contributed by atoms with Crippen LogP contribution in [0.1, 0.15) is 12.8 Å². The molecule has 0 aliphatic heterocycles. The molecule has 0 N–H and O–H groups in total. The van der Waals surface area contributed by atoms with Gasteiger partial charge in [0.2, 0.25) is 0 Å². The van der Waals surface area contributed by atoms with Gasteiger partial charge in [0.1, 0.15) is 0 Å². The van der Waals surface area contributed by atoms with E-state index < -0.39 is 0 Å². The van der Waals surface area contributed by atoms with Gasteiger partial charge in [-0.2, -0.15) is 5.10 Å². The third kappa shape index (κ3) is 0.483. The molecule has 1 aromatic rings. The molecule has 1 heterocycles. The van der Waals surface area contributed by atoms with Crippen LogP contribution in [0, 0.1) is 5.92 Å². The molecule has 2 saturated carbocycles. The van der Waals surface area contributed by atoms with Crippen LogP contribution in [0.5, 0.6) is 0 Å². The van der Waals surface area contributed by atoms with Crippen molar-refractivity contribution in [3.63, 3.8) is 0 Å². The van der Waals surface area contributed by atoms with Crippen molar-refractivity contribution in [2.24, 2.45) is 5.92 Å².